The smallest absolute Gasteiger partial charge is 0.355 e. The number of fused-ring (bicyclic) bond motifs is 1. The number of halogens is 4. The molecule has 0 spiro atoms. The van der Waals surface area contributed by atoms with E-state index in [0.717, 1.165) is 16.1 Å². The van der Waals surface area contributed by atoms with Crippen molar-refractivity contribution in [2.75, 3.05) is 12.4 Å². The fourth-order valence-electron chi connectivity index (χ4n) is 3.50. The Kier molecular flexibility index (Phi) is 5.85. The highest BCUT2D eigenvalue weighted by atomic mass is 32.2. The minimum Gasteiger partial charge on any atom is -0.355 e. The van der Waals surface area contributed by atoms with Gasteiger partial charge in [-0.05, 0) is 55.1 Å². The molecular formula is C22H18F4N4O2S. The van der Waals surface area contributed by atoms with E-state index >= 15 is 0 Å². The third-order valence-electron chi connectivity index (χ3n) is 4.98. The lowest BCUT2D eigenvalue weighted by molar-refractivity contribution is -0.137. The predicted octanol–water partition coefficient (Wildman–Crippen LogP) is 4.89. The second-order valence-electron chi connectivity index (χ2n) is 7.22. The molecule has 0 bridgehead atoms. The van der Waals surface area contributed by atoms with Crippen LogP contribution in [0.5, 0.6) is 0 Å². The van der Waals surface area contributed by atoms with Crippen molar-refractivity contribution in [3.63, 3.8) is 0 Å². The van der Waals surface area contributed by atoms with E-state index in [1.54, 1.807) is 13.1 Å². The van der Waals surface area contributed by atoms with Crippen LogP contribution >= 0.6 is 0 Å². The van der Waals surface area contributed by atoms with Crippen LogP contribution in [0.15, 0.2) is 72.0 Å². The van der Waals surface area contributed by atoms with Crippen LogP contribution < -0.4 is 10.6 Å². The van der Waals surface area contributed by atoms with Crippen LogP contribution in [-0.2, 0) is 22.7 Å². The van der Waals surface area contributed by atoms with E-state index in [9.17, 15) is 26.0 Å². The SMILES string of the molecule is CNCc1cn(S(=O)(=O)c2cccnc2)c2cc(Nc3ccc(F)cc3C(F)(F)F)ccc12. The average molecular weight is 478 g/mol. The number of nitrogens with one attached hydrogen (secondary N) is 2. The quantitative estimate of drug-likeness (QED) is 0.386. The van der Waals surface area contributed by atoms with Crippen LogP contribution in [0.2, 0.25) is 0 Å². The molecule has 0 saturated heterocycles. The van der Waals surface area contributed by atoms with Gasteiger partial charge in [0.2, 0.25) is 0 Å². The van der Waals surface area contributed by atoms with Crippen molar-refractivity contribution in [2.45, 2.75) is 17.6 Å². The monoisotopic (exact) mass is 478 g/mol. The topological polar surface area (TPSA) is 76.0 Å². The Morgan fingerprint density at radius 3 is 2.55 bits per heavy atom. The molecule has 0 radical (unpaired) electrons. The summed E-state index contributed by atoms with van der Waals surface area (Å²) in [5.41, 5.74) is -0.367. The van der Waals surface area contributed by atoms with Gasteiger partial charge in [0.05, 0.1) is 16.8 Å². The zero-order valence-electron chi connectivity index (χ0n) is 17.2. The molecule has 11 heteroatoms. The Morgan fingerprint density at radius 2 is 1.88 bits per heavy atom. The number of hydrogen-bond acceptors (Lipinski definition) is 5. The molecule has 2 N–H and O–H groups in total. The molecule has 0 atom stereocenters. The van der Waals surface area contributed by atoms with E-state index in [1.807, 2.05) is 0 Å². The molecular weight excluding hydrogens is 460 g/mol. The fraction of sp³-hybridized carbons (Fsp3) is 0.136. The van der Waals surface area contributed by atoms with Crippen molar-refractivity contribution in [1.29, 1.82) is 0 Å². The molecule has 6 nitrogen and oxygen atoms in total. The Morgan fingerprint density at radius 1 is 1.09 bits per heavy atom. The summed E-state index contributed by atoms with van der Waals surface area (Å²) in [5.74, 6) is -1.02. The number of benzene rings is 2. The Labute approximate surface area is 186 Å². The Balaban J connectivity index is 1.85. The number of rotatable bonds is 6. The number of pyridine rings is 1. The molecule has 4 aromatic rings. The van der Waals surface area contributed by atoms with Crippen molar-refractivity contribution in [1.82, 2.24) is 14.3 Å². The summed E-state index contributed by atoms with van der Waals surface area (Å²) in [7, 11) is -2.31. The minimum atomic E-state index is -4.78. The summed E-state index contributed by atoms with van der Waals surface area (Å²) in [6, 6.07) is 9.79. The lowest BCUT2D eigenvalue weighted by Gasteiger charge is -2.15. The fourth-order valence-corrected chi connectivity index (χ4v) is 4.85. The van der Waals surface area contributed by atoms with Crippen molar-refractivity contribution in [2.24, 2.45) is 0 Å². The maximum absolute atomic E-state index is 13.4. The molecule has 0 aliphatic rings. The first-order chi connectivity index (χ1) is 15.6. The van der Waals surface area contributed by atoms with Crippen LogP contribution in [0, 0.1) is 5.82 Å². The van der Waals surface area contributed by atoms with E-state index in [0.29, 0.717) is 23.6 Å². The van der Waals surface area contributed by atoms with E-state index in [4.69, 9.17) is 0 Å². The molecule has 0 amide bonds. The third kappa shape index (κ3) is 4.41. The highest BCUT2D eigenvalue weighted by Gasteiger charge is 2.34. The number of hydrogen-bond donors (Lipinski definition) is 2. The van der Waals surface area contributed by atoms with E-state index in [-0.39, 0.29) is 21.8 Å². The second kappa shape index (κ2) is 8.49. The van der Waals surface area contributed by atoms with Gasteiger partial charge in [-0.25, -0.2) is 16.8 Å². The van der Waals surface area contributed by atoms with Crippen LogP contribution in [0.4, 0.5) is 28.9 Å². The van der Waals surface area contributed by atoms with Gasteiger partial charge in [-0.3, -0.25) is 4.98 Å². The Hall–Kier alpha value is -3.44. The van der Waals surface area contributed by atoms with Gasteiger partial charge in [-0.2, -0.15) is 13.2 Å². The maximum Gasteiger partial charge on any atom is 0.418 e. The van der Waals surface area contributed by atoms with Crippen molar-refractivity contribution < 1.29 is 26.0 Å². The zero-order valence-corrected chi connectivity index (χ0v) is 18.0. The average Bonchev–Trinajstić information content (AvgIpc) is 3.14. The summed E-state index contributed by atoms with van der Waals surface area (Å²) >= 11 is 0. The van der Waals surface area contributed by atoms with Gasteiger partial charge in [-0.15, -0.1) is 0 Å². The van der Waals surface area contributed by atoms with Gasteiger partial charge in [0.25, 0.3) is 10.0 Å². The van der Waals surface area contributed by atoms with Gasteiger partial charge in [0, 0.05) is 36.2 Å². The van der Waals surface area contributed by atoms with Gasteiger partial charge in [0.1, 0.15) is 10.7 Å². The third-order valence-corrected chi connectivity index (χ3v) is 6.64. The molecule has 172 valence electrons. The maximum atomic E-state index is 13.4. The lowest BCUT2D eigenvalue weighted by atomic mass is 10.1. The van der Waals surface area contributed by atoms with Gasteiger partial charge in [-0.1, -0.05) is 6.07 Å². The predicted molar refractivity (Wildman–Crippen MR) is 116 cm³/mol. The molecule has 2 aromatic carbocycles. The summed E-state index contributed by atoms with van der Waals surface area (Å²) in [4.78, 5) is 3.83. The highest BCUT2D eigenvalue weighted by molar-refractivity contribution is 7.90. The molecule has 33 heavy (non-hydrogen) atoms. The molecule has 0 aliphatic carbocycles. The van der Waals surface area contributed by atoms with Crippen LogP contribution in [0.1, 0.15) is 11.1 Å². The molecule has 0 unspecified atom stereocenters. The van der Waals surface area contributed by atoms with Crippen molar-refractivity contribution in [3.05, 3.63) is 84.1 Å². The number of nitrogens with zero attached hydrogens (tertiary/aromatic N) is 2. The van der Waals surface area contributed by atoms with Gasteiger partial charge < -0.3 is 10.6 Å². The summed E-state index contributed by atoms with van der Waals surface area (Å²) in [6.45, 7) is 0.370. The molecule has 4 rings (SSSR count). The van der Waals surface area contributed by atoms with Crippen LogP contribution in [0.3, 0.4) is 0 Å². The minimum absolute atomic E-state index is 0.0332. The first-order valence-corrected chi connectivity index (χ1v) is 11.1. The van der Waals surface area contributed by atoms with Crippen LogP contribution in [0.25, 0.3) is 10.9 Å². The largest absolute Gasteiger partial charge is 0.418 e. The van der Waals surface area contributed by atoms with E-state index < -0.39 is 27.6 Å². The molecule has 0 saturated carbocycles. The first kappa shape index (κ1) is 22.7. The van der Waals surface area contributed by atoms with Crippen molar-refractivity contribution in [3.8, 4) is 0 Å². The second-order valence-corrected chi connectivity index (χ2v) is 9.03. The first-order valence-electron chi connectivity index (χ1n) is 9.69. The summed E-state index contributed by atoms with van der Waals surface area (Å²) in [6.07, 6.45) is -0.651. The highest BCUT2D eigenvalue weighted by Crippen LogP contribution is 2.37. The summed E-state index contributed by atoms with van der Waals surface area (Å²) < 4.78 is 81.1. The number of aromatic nitrogens is 2. The normalized spacial score (nSPS) is 12.3. The van der Waals surface area contributed by atoms with Crippen molar-refractivity contribution >= 4 is 32.3 Å². The lowest BCUT2D eigenvalue weighted by Crippen LogP contribution is -2.12. The van der Waals surface area contributed by atoms with Gasteiger partial charge in [0.15, 0.2) is 0 Å². The summed E-state index contributed by atoms with van der Waals surface area (Å²) in [5, 5.41) is 6.21. The van der Waals surface area contributed by atoms with Gasteiger partial charge >= 0.3 is 6.18 Å². The number of alkyl halides is 3. The molecule has 0 aliphatic heterocycles. The Bertz CT molecular complexity index is 1420. The zero-order chi connectivity index (χ0) is 23.8. The molecule has 0 fully saturated rings. The van der Waals surface area contributed by atoms with E-state index in [2.05, 4.69) is 15.6 Å². The number of anilines is 2. The molecule has 2 aromatic heterocycles. The van der Waals surface area contributed by atoms with Crippen LogP contribution in [-0.4, -0.2) is 24.4 Å². The molecule has 2 heterocycles. The van der Waals surface area contributed by atoms with E-state index in [1.165, 1.54) is 42.9 Å². The standard InChI is InChI=1S/C22H18F4N4O2S/c1-27-11-14-13-30(33(31,32)17-3-2-8-28-12-17)21-10-16(5-6-18(14)21)29-20-7-4-15(23)9-19(20)22(24,25)26/h2-10,12-13,27,29H,11H2,1H3.